The molecule has 0 spiro atoms. The summed E-state index contributed by atoms with van der Waals surface area (Å²) in [6.07, 6.45) is 0.441. The molecule has 0 aliphatic heterocycles. The largest absolute Gasteiger partial charge is 0.496 e. The summed E-state index contributed by atoms with van der Waals surface area (Å²) in [4.78, 5) is 10.9. The van der Waals surface area contributed by atoms with Gasteiger partial charge in [-0.15, -0.1) is 0 Å². The summed E-state index contributed by atoms with van der Waals surface area (Å²) in [6.45, 7) is 8.38. The highest BCUT2D eigenvalue weighted by Crippen LogP contribution is 2.34. The van der Waals surface area contributed by atoms with Crippen LogP contribution in [0.15, 0.2) is 18.2 Å². The predicted molar refractivity (Wildman–Crippen MR) is 72.5 cm³/mol. The van der Waals surface area contributed by atoms with E-state index in [9.17, 15) is 4.79 Å². The molecule has 1 rings (SSSR count). The molecule has 0 amide bonds. The van der Waals surface area contributed by atoms with E-state index in [0.29, 0.717) is 13.0 Å². The number of carbonyl (C=O) groups excluding carboxylic acids is 1. The zero-order valence-corrected chi connectivity index (χ0v) is 11.9. The Morgan fingerprint density at radius 1 is 1.28 bits per heavy atom. The summed E-state index contributed by atoms with van der Waals surface area (Å²) in [6, 6.07) is 5.76. The Kier molecular flexibility index (Phi) is 4.76. The second-order valence-electron chi connectivity index (χ2n) is 5.41. The molecule has 100 valence electrons. The topological polar surface area (TPSA) is 35.5 Å². The molecule has 0 saturated carbocycles. The van der Waals surface area contributed by atoms with Crippen molar-refractivity contribution in [3.63, 3.8) is 0 Å². The molecule has 3 heteroatoms. The van der Waals surface area contributed by atoms with Gasteiger partial charge in [-0.2, -0.15) is 0 Å². The lowest BCUT2D eigenvalue weighted by Gasteiger charge is -2.22. The normalized spacial score (nSPS) is 11.2. The van der Waals surface area contributed by atoms with Crippen molar-refractivity contribution in [2.75, 3.05) is 13.7 Å². The number of hydrogen-bond donors (Lipinski definition) is 0. The monoisotopic (exact) mass is 250 g/mol. The molecular weight excluding hydrogens is 228 g/mol. The van der Waals surface area contributed by atoms with Crippen molar-refractivity contribution >= 4 is 5.78 Å². The van der Waals surface area contributed by atoms with Crippen LogP contribution in [0.25, 0.3) is 0 Å². The maximum Gasteiger partial charge on any atom is 0.133 e. The van der Waals surface area contributed by atoms with Gasteiger partial charge >= 0.3 is 0 Å². The van der Waals surface area contributed by atoms with E-state index >= 15 is 0 Å². The summed E-state index contributed by atoms with van der Waals surface area (Å²) < 4.78 is 10.9. The Morgan fingerprint density at radius 3 is 2.44 bits per heavy atom. The third kappa shape index (κ3) is 4.06. The van der Waals surface area contributed by atoms with Gasteiger partial charge in [0.1, 0.15) is 17.3 Å². The fraction of sp³-hybridized carbons (Fsp3) is 0.533. The van der Waals surface area contributed by atoms with Crippen LogP contribution < -0.4 is 9.47 Å². The fourth-order valence-electron chi connectivity index (χ4n) is 1.68. The molecular formula is C15H22O3. The Hall–Kier alpha value is -1.51. The molecule has 3 nitrogen and oxygen atoms in total. The molecule has 0 saturated heterocycles. The van der Waals surface area contributed by atoms with Gasteiger partial charge in [-0.1, -0.05) is 20.8 Å². The quantitative estimate of drug-likeness (QED) is 0.804. The molecule has 0 unspecified atom stereocenters. The molecule has 0 aliphatic rings. The number of hydrogen-bond acceptors (Lipinski definition) is 3. The van der Waals surface area contributed by atoms with Crippen LogP contribution in [0.5, 0.6) is 11.5 Å². The Morgan fingerprint density at radius 2 is 1.94 bits per heavy atom. The van der Waals surface area contributed by atoms with Gasteiger partial charge in [0, 0.05) is 12.0 Å². The lowest BCUT2D eigenvalue weighted by molar-refractivity contribution is -0.117. The molecule has 0 aromatic heterocycles. The van der Waals surface area contributed by atoms with Gasteiger partial charge < -0.3 is 9.47 Å². The van der Waals surface area contributed by atoms with E-state index in [1.54, 1.807) is 14.0 Å². The van der Waals surface area contributed by atoms with Gasteiger partial charge in [-0.25, -0.2) is 0 Å². The van der Waals surface area contributed by atoms with E-state index in [1.165, 1.54) is 0 Å². The second-order valence-corrected chi connectivity index (χ2v) is 5.41. The summed E-state index contributed by atoms with van der Waals surface area (Å²) in [5, 5.41) is 0. The van der Waals surface area contributed by atoms with Crippen LogP contribution in [0.4, 0.5) is 0 Å². The third-order valence-electron chi connectivity index (χ3n) is 2.70. The van der Waals surface area contributed by atoms with Crippen molar-refractivity contribution in [3.8, 4) is 11.5 Å². The lowest BCUT2D eigenvalue weighted by atomic mass is 9.86. The summed E-state index contributed by atoms with van der Waals surface area (Å²) in [5.41, 5.74) is 1.09. The average Bonchev–Trinajstić information content (AvgIpc) is 2.27. The molecule has 0 N–H and O–H groups in total. The molecule has 0 aliphatic carbocycles. The first-order valence-electron chi connectivity index (χ1n) is 6.15. The molecule has 0 fully saturated rings. The van der Waals surface area contributed by atoms with E-state index in [1.807, 2.05) is 18.2 Å². The van der Waals surface area contributed by atoms with Crippen LogP contribution in [0.3, 0.4) is 0 Å². The van der Waals surface area contributed by atoms with Crippen LogP contribution in [-0.2, 0) is 10.2 Å². The maximum absolute atomic E-state index is 10.9. The Labute approximate surface area is 109 Å². The zero-order chi connectivity index (χ0) is 13.8. The molecule has 0 atom stereocenters. The van der Waals surface area contributed by atoms with Crippen molar-refractivity contribution in [2.45, 2.75) is 39.5 Å². The van der Waals surface area contributed by atoms with Crippen molar-refractivity contribution in [1.82, 2.24) is 0 Å². The number of Topliss-reactive ketones (excluding diaryl/α,β-unsaturated/α-hetero) is 1. The van der Waals surface area contributed by atoms with Gasteiger partial charge in [-0.05, 0) is 30.5 Å². The minimum Gasteiger partial charge on any atom is -0.496 e. The predicted octanol–water partition coefficient (Wildman–Crippen LogP) is 3.35. The zero-order valence-electron chi connectivity index (χ0n) is 11.9. The first-order valence-corrected chi connectivity index (χ1v) is 6.15. The fourth-order valence-corrected chi connectivity index (χ4v) is 1.68. The van der Waals surface area contributed by atoms with E-state index in [4.69, 9.17) is 9.47 Å². The highest BCUT2D eigenvalue weighted by molar-refractivity contribution is 5.75. The highest BCUT2D eigenvalue weighted by atomic mass is 16.5. The van der Waals surface area contributed by atoms with Gasteiger partial charge in [0.05, 0.1) is 13.7 Å². The number of carbonyl (C=O) groups is 1. The van der Waals surface area contributed by atoms with Crippen molar-refractivity contribution in [1.29, 1.82) is 0 Å². The van der Waals surface area contributed by atoms with Gasteiger partial charge in [0.2, 0.25) is 0 Å². The van der Waals surface area contributed by atoms with Crippen LogP contribution >= 0.6 is 0 Å². The van der Waals surface area contributed by atoms with Gasteiger partial charge in [0.25, 0.3) is 0 Å². The minimum atomic E-state index is -0.00864. The Balaban J connectivity index is 2.86. The number of methoxy groups -OCH3 is 1. The highest BCUT2D eigenvalue weighted by Gasteiger charge is 2.19. The van der Waals surface area contributed by atoms with E-state index in [0.717, 1.165) is 17.1 Å². The second kappa shape index (κ2) is 5.89. The standard InChI is InChI=1S/C15H22O3/c1-11(16)8-9-18-12-6-7-14(17-5)13(10-12)15(2,3)4/h6-7,10H,8-9H2,1-5H3. The SMILES string of the molecule is COc1ccc(OCCC(C)=O)cc1C(C)(C)C. The molecule has 1 aromatic rings. The third-order valence-corrected chi connectivity index (χ3v) is 2.70. The number of ketones is 1. The van der Waals surface area contributed by atoms with E-state index in [-0.39, 0.29) is 11.2 Å². The van der Waals surface area contributed by atoms with Crippen LogP contribution in [-0.4, -0.2) is 19.5 Å². The summed E-state index contributed by atoms with van der Waals surface area (Å²) in [7, 11) is 1.67. The average molecular weight is 250 g/mol. The molecule has 0 bridgehead atoms. The van der Waals surface area contributed by atoms with E-state index in [2.05, 4.69) is 20.8 Å². The molecule has 0 radical (unpaired) electrons. The van der Waals surface area contributed by atoms with E-state index < -0.39 is 0 Å². The number of benzene rings is 1. The molecule has 0 heterocycles. The molecule has 18 heavy (non-hydrogen) atoms. The van der Waals surface area contributed by atoms with Crippen molar-refractivity contribution in [2.24, 2.45) is 0 Å². The maximum atomic E-state index is 10.9. The summed E-state index contributed by atoms with van der Waals surface area (Å²) >= 11 is 0. The van der Waals surface area contributed by atoms with Crippen LogP contribution in [0, 0.1) is 0 Å². The number of ether oxygens (including phenoxy) is 2. The van der Waals surface area contributed by atoms with Gasteiger partial charge in [-0.3, -0.25) is 4.79 Å². The Bertz CT molecular complexity index is 416. The van der Waals surface area contributed by atoms with Crippen molar-refractivity contribution in [3.05, 3.63) is 23.8 Å². The molecule has 1 aromatic carbocycles. The van der Waals surface area contributed by atoms with Crippen LogP contribution in [0.1, 0.15) is 39.7 Å². The number of rotatable bonds is 5. The lowest BCUT2D eigenvalue weighted by Crippen LogP contribution is -2.13. The van der Waals surface area contributed by atoms with Gasteiger partial charge in [0.15, 0.2) is 0 Å². The first-order chi connectivity index (χ1) is 8.34. The summed E-state index contributed by atoms with van der Waals surface area (Å²) in [5.74, 6) is 1.78. The van der Waals surface area contributed by atoms with Crippen molar-refractivity contribution < 1.29 is 14.3 Å². The first kappa shape index (κ1) is 14.6. The minimum absolute atomic E-state index is 0.00864. The smallest absolute Gasteiger partial charge is 0.133 e. The van der Waals surface area contributed by atoms with Crippen LogP contribution in [0.2, 0.25) is 0 Å².